The van der Waals surface area contributed by atoms with E-state index in [9.17, 15) is 4.79 Å². The second kappa shape index (κ2) is 6.96. The summed E-state index contributed by atoms with van der Waals surface area (Å²) >= 11 is 1.54. The zero-order valence-electron chi connectivity index (χ0n) is 13.9. The van der Waals surface area contributed by atoms with Gasteiger partial charge in [-0.05, 0) is 25.0 Å². The fourth-order valence-corrected chi connectivity index (χ4v) is 3.17. The number of amides is 2. The Labute approximate surface area is 144 Å². The minimum atomic E-state index is -0.232. The van der Waals surface area contributed by atoms with Crippen LogP contribution in [-0.4, -0.2) is 25.6 Å². The Morgan fingerprint density at radius 2 is 2.17 bits per heavy atom. The van der Waals surface area contributed by atoms with Gasteiger partial charge in [0.2, 0.25) is 0 Å². The van der Waals surface area contributed by atoms with Crippen LogP contribution in [0.2, 0.25) is 0 Å². The summed E-state index contributed by atoms with van der Waals surface area (Å²) in [5.41, 5.74) is 3.49. The van der Waals surface area contributed by atoms with Crippen LogP contribution in [0.3, 0.4) is 0 Å². The molecule has 0 saturated heterocycles. The first-order valence-electron chi connectivity index (χ1n) is 7.79. The van der Waals surface area contributed by atoms with Gasteiger partial charge in [-0.1, -0.05) is 19.9 Å². The number of urea groups is 1. The molecule has 0 bridgehead atoms. The van der Waals surface area contributed by atoms with Crippen LogP contribution in [0.15, 0.2) is 29.9 Å². The molecule has 126 valence electrons. The van der Waals surface area contributed by atoms with Crippen molar-refractivity contribution in [2.24, 2.45) is 5.92 Å². The van der Waals surface area contributed by atoms with E-state index in [1.165, 1.54) is 11.3 Å². The number of fused-ring (bicyclic) bond motifs is 1. The summed E-state index contributed by atoms with van der Waals surface area (Å²) in [6, 6.07) is 5.26. The molecule has 0 spiro atoms. The Morgan fingerprint density at radius 3 is 2.88 bits per heavy atom. The molecule has 7 nitrogen and oxygen atoms in total. The van der Waals surface area contributed by atoms with E-state index in [-0.39, 0.29) is 18.0 Å². The highest BCUT2D eigenvalue weighted by Gasteiger charge is 2.23. The SMILES string of the molecule is Cc1ncsc1CNC(=O)N[C@@H](c1nnc2ccccn12)C(C)C. The van der Waals surface area contributed by atoms with Crippen molar-refractivity contribution in [3.63, 3.8) is 0 Å². The minimum Gasteiger partial charge on any atom is -0.333 e. The van der Waals surface area contributed by atoms with Crippen LogP contribution in [0.25, 0.3) is 5.65 Å². The largest absolute Gasteiger partial charge is 0.333 e. The van der Waals surface area contributed by atoms with Crippen LogP contribution in [0, 0.1) is 12.8 Å². The number of pyridine rings is 1. The van der Waals surface area contributed by atoms with Gasteiger partial charge in [0.05, 0.1) is 23.8 Å². The number of aryl methyl sites for hydroxylation is 1. The van der Waals surface area contributed by atoms with Crippen LogP contribution in [0.1, 0.15) is 36.3 Å². The van der Waals surface area contributed by atoms with Gasteiger partial charge < -0.3 is 10.6 Å². The van der Waals surface area contributed by atoms with E-state index < -0.39 is 0 Å². The highest BCUT2D eigenvalue weighted by atomic mass is 32.1. The van der Waals surface area contributed by atoms with E-state index in [0.717, 1.165) is 22.0 Å². The lowest BCUT2D eigenvalue weighted by atomic mass is 10.0. The normalized spacial score (nSPS) is 12.5. The lowest BCUT2D eigenvalue weighted by Gasteiger charge is -2.21. The third kappa shape index (κ3) is 3.38. The van der Waals surface area contributed by atoms with Crippen molar-refractivity contribution in [2.45, 2.75) is 33.4 Å². The number of thiazole rings is 1. The molecule has 8 heteroatoms. The highest BCUT2D eigenvalue weighted by Crippen LogP contribution is 2.20. The van der Waals surface area contributed by atoms with Gasteiger partial charge in [-0.2, -0.15) is 0 Å². The van der Waals surface area contributed by atoms with Gasteiger partial charge in [0.25, 0.3) is 0 Å². The molecule has 1 atom stereocenters. The Morgan fingerprint density at radius 1 is 1.33 bits per heavy atom. The molecule has 0 aromatic carbocycles. The molecule has 3 aromatic heterocycles. The summed E-state index contributed by atoms with van der Waals surface area (Å²) in [5, 5.41) is 14.3. The monoisotopic (exact) mass is 344 g/mol. The quantitative estimate of drug-likeness (QED) is 0.745. The molecule has 2 N–H and O–H groups in total. The van der Waals surface area contributed by atoms with Gasteiger partial charge in [0.15, 0.2) is 11.5 Å². The predicted octanol–water partition coefficient (Wildman–Crippen LogP) is 2.69. The zero-order valence-corrected chi connectivity index (χ0v) is 14.7. The molecule has 24 heavy (non-hydrogen) atoms. The molecular formula is C16H20N6OS. The Bertz CT molecular complexity index is 840. The molecule has 2 amide bonds. The summed E-state index contributed by atoms with van der Waals surface area (Å²) in [7, 11) is 0. The van der Waals surface area contributed by atoms with Gasteiger partial charge in [-0.25, -0.2) is 9.78 Å². The summed E-state index contributed by atoms with van der Waals surface area (Å²) in [4.78, 5) is 17.5. The summed E-state index contributed by atoms with van der Waals surface area (Å²) in [6.07, 6.45) is 1.90. The molecule has 0 radical (unpaired) electrons. The third-order valence-corrected chi connectivity index (χ3v) is 4.76. The number of aromatic nitrogens is 4. The molecule has 3 heterocycles. The lowest BCUT2D eigenvalue weighted by Crippen LogP contribution is -2.40. The number of nitrogens with one attached hydrogen (secondary N) is 2. The fraction of sp³-hybridized carbons (Fsp3) is 0.375. The van der Waals surface area contributed by atoms with E-state index in [2.05, 4.69) is 25.8 Å². The molecule has 0 aliphatic rings. The first-order valence-corrected chi connectivity index (χ1v) is 8.67. The molecule has 0 unspecified atom stereocenters. The maximum absolute atomic E-state index is 12.3. The van der Waals surface area contributed by atoms with E-state index in [1.54, 1.807) is 5.51 Å². The van der Waals surface area contributed by atoms with E-state index >= 15 is 0 Å². The average Bonchev–Trinajstić information content (AvgIpc) is 3.16. The second-order valence-corrected chi connectivity index (χ2v) is 6.84. The van der Waals surface area contributed by atoms with Gasteiger partial charge in [-0.3, -0.25) is 4.40 Å². The molecule has 3 rings (SSSR count). The summed E-state index contributed by atoms with van der Waals surface area (Å²) in [6.45, 7) is 6.49. The van der Waals surface area contributed by atoms with Crippen LogP contribution >= 0.6 is 11.3 Å². The molecular weight excluding hydrogens is 324 g/mol. The van der Waals surface area contributed by atoms with E-state index in [1.807, 2.05) is 49.6 Å². The lowest BCUT2D eigenvalue weighted by molar-refractivity contribution is 0.231. The van der Waals surface area contributed by atoms with Crippen molar-refractivity contribution >= 4 is 23.0 Å². The van der Waals surface area contributed by atoms with Crippen molar-refractivity contribution in [3.8, 4) is 0 Å². The van der Waals surface area contributed by atoms with Crippen LogP contribution < -0.4 is 10.6 Å². The number of rotatable bonds is 5. The maximum Gasteiger partial charge on any atom is 0.315 e. The van der Waals surface area contributed by atoms with Crippen LogP contribution in [0.5, 0.6) is 0 Å². The number of carbonyl (C=O) groups excluding carboxylic acids is 1. The van der Waals surface area contributed by atoms with Crippen molar-refractivity contribution in [2.75, 3.05) is 0 Å². The smallest absolute Gasteiger partial charge is 0.315 e. The zero-order chi connectivity index (χ0) is 17.1. The minimum absolute atomic E-state index is 0.175. The average molecular weight is 344 g/mol. The first kappa shape index (κ1) is 16.4. The Hall–Kier alpha value is -2.48. The molecule has 3 aromatic rings. The predicted molar refractivity (Wildman–Crippen MR) is 92.8 cm³/mol. The second-order valence-electron chi connectivity index (χ2n) is 5.90. The third-order valence-electron chi connectivity index (χ3n) is 3.83. The van der Waals surface area contributed by atoms with Crippen LogP contribution in [-0.2, 0) is 6.54 Å². The molecule has 0 saturated carbocycles. The molecule has 0 fully saturated rings. The van der Waals surface area contributed by atoms with Crippen molar-refractivity contribution in [1.82, 2.24) is 30.2 Å². The van der Waals surface area contributed by atoms with Gasteiger partial charge in [0.1, 0.15) is 0 Å². The highest BCUT2D eigenvalue weighted by molar-refractivity contribution is 7.09. The topological polar surface area (TPSA) is 84.2 Å². The Balaban J connectivity index is 1.72. The fourth-order valence-electron chi connectivity index (χ4n) is 2.45. The number of hydrogen-bond donors (Lipinski definition) is 2. The maximum atomic E-state index is 12.3. The van der Waals surface area contributed by atoms with Crippen molar-refractivity contribution < 1.29 is 4.79 Å². The van der Waals surface area contributed by atoms with E-state index in [4.69, 9.17) is 0 Å². The summed E-state index contributed by atoms with van der Waals surface area (Å²) in [5.74, 6) is 0.901. The Kier molecular flexibility index (Phi) is 4.75. The number of nitrogens with zero attached hydrogens (tertiary/aromatic N) is 4. The van der Waals surface area contributed by atoms with Gasteiger partial charge >= 0.3 is 6.03 Å². The van der Waals surface area contributed by atoms with Crippen molar-refractivity contribution in [3.05, 3.63) is 46.3 Å². The molecule has 0 aliphatic heterocycles. The molecule has 0 aliphatic carbocycles. The van der Waals surface area contributed by atoms with Crippen molar-refractivity contribution in [1.29, 1.82) is 0 Å². The first-order chi connectivity index (χ1) is 11.6. The standard InChI is InChI=1S/C16H20N6OS/c1-10(2)14(15-21-20-13-6-4-5-7-22(13)15)19-16(23)17-8-12-11(3)18-9-24-12/h4-7,9-10,14H,8H2,1-3H3,(H2,17,19,23)/t14-/m1/s1. The van der Waals surface area contributed by atoms with Crippen LogP contribution in [0.4, 0.5) is 4.79 Å². The number of hydrogen-bond acceptors (Lipinski definition) is 5. The van der Waals surface area contributed by atoms with E-state index in [0.29, 0.717) is 6.54 Å². The van der Waals surface area contributed by atoms with Gasteiger partial charge in [-0.15, -0.1) is 21.5 Å². The van der Waals surface area contributed by atoms with Gasteiger partial charge in [0, 0.05) is 11.1 Å². The summed E-state index contributed by atoms with van der Waals surface area (Å²) < 4.78 is 1.90. The number of carbonyl (C=O) groups is 1.